The van der Waals surface area contributed by atoms with Crippen molar-refractivity contribution in [1.29, 1.82) is 0 Å². The molecule has 2 aliphatic rings. The van der Waals surface area contributed by atoms with Crippen molar-refractivity contribution in [2.75, 3.05) is 0 Å². The molecule has 5 aromatic carbocycles. The summed E-state index contributed by atoms with van der Waals surface area (Å²) in [6, 6.07) is 29.2. The van der Waals surface area contributed by atoms with E-state index in [0.29, 0.717) is 0 Å². The van der Waals surface area contributed by atoms with Crippen LogP contribution in [0.25, 0.3) is 43.4 Å². The van der Waals surface area contributed by atoms with Crippen LogP contribution < -0.4 is 5.46 Å². The summed E-state index contributed by atoms with van der Waals surface area (Å²) in [5.41, 5.74) is 5.17. The van der Waals surface area contributed by atoms with E-state index < -0.39 is 18.3 Å². The summed E-state index contributed by atoms with van der Waals surface area (Å²) in [5.74, 6) is 0. The van der Waals surface area contributed by atoms with Gasteiger partial charge in [0.25, 0.3) is 0 Å². The fourth-order valence-electron chi connectivity index (χ4n) is 6.23. The molecule has 2 nitrogen and oxygen atoms in total. The fourth-order valence-corrected chi connectivity index (χ4v) is 6.23. The second kappa shape index (κ2) is 6.94. The van der Waals surface area contributed by atoms with Crippen molar-refractivity contribution >= 4 is 44.9 Å². The molecule has 1 heterocycles. The van der Waals surface area contributed by atoms with Crippen molar-refractivity contribution in [3.8, 4) is 11.1 Å². The lowest BCUT2D eigenvalue weighted by atomic mass is 9.74. The van der Waals surface area contributed by atoms with Crippen LogP contribution in [0.1, 0.15) is 45.7 Å². The van der Waals surface area contributed by atoms with Crippen molar-refractivity contribution in [2.45, 2.75) is 51.2 Å². The average molecular weight is 469 g/mol. The SMILES string of the molecule is [CH2+]C1(C)OB(c2ccc3c(c2)C(C)(C)c2cc4c5ccccc5c5ccccc5c4cc2-3)OC1(C)C. The quantitative estimate of drug-likeness (QED) is 0.143. The summed E-state index contributed by atoms with van der Waals surface area (Å²) in [4.78, 5) is 0. The summed E-state index contributed by atoms with van der Waals surface area (Å²) in [6.07, 6.45) is 0. The Labute approximate surface area is 213 Å². The highest BCUT2D eigenvalue weighted by atomic mass is 16.7. The molecule has 0 bridgehead atoms. The van der Waals surface area contributed by atoms with Crippen LogP contribution in [0, 0.1) is 6.92 Å². The second-order valence-electron chi connectivity index (χ2n) is 11.8. The topological polar surface area (TPSA) is 18.5 Å². The predicted octanol–water partition coefficient (Wildman–Crippen LogP) is 7.57. The highest BCUT2D eigenvalue weighted by molar-refractivity contribution is 6.62. The van der Waals surface area contributed by atoms with Gasteiger partial charge in [-0.1, -0.05) is 80.6 Å². The molecule has 0 saturated carbocycles. The minimum absolute atomic E-state index is 0.135. The molecule has 1 unspecified atom stereocenters. The maximum Gasteiger partial charge on any atom is 0.498 e. The summed E-state index contributed by atoms with van der Waals surface area (Å²) >= 11 is 0. The molecule has 0 amide bonds. The fraction of sp³-hybridized carbons (Fsp3) is 0.242. The monoisotopic (exact) mass is 469 g/mol. The van der Waals surface area contributed by atoms with Gasteiger partial charge in [0, 0.05) is 12.3 Å². The Balaban J connectivity index is 1.46. The number of benzene rings is 5. The third kappa shape index (κ3) is 2.79. The zero-order valence-electron chi connectivity index (χ0n) is 21.6. The molecule has 0 N–H and O–H groups in total. The maximum atomic E-state index is 6.33. The van der Waals surface area contributed by atoms with Gasteiger partial charge >= 0.3 is 7.12 Å². The van der Waals surface area contributed by atoms with E-state index in [0.717, 1.165) is 5.46 Å². The minimum Gasteiger partial charge on any atom is -0.395 e. The third-order valence-electron chi connectivity index (χ3n) is 8.88. The van der Waals surface area contributed by atoms with Gasteiger partial charge in [0.1, 0.15) is 5.60 Å². The Morgan fingerprint density at radius 3 is 1.67 bits per heavy atom. The first kappa shape index (κ1) is 22.0. The van der Waals surface area contributed by atoms with E-state index in [-0.39, 0.29) is 5.41 Å². The lowest BCUT2D eigenvalue weighted by Gasteiger charge is -2.25. The van der Waals surface area contributed by atoms with Crippen LogP contribution in [0.2, 0.25) is 0 Å². The van der Waals surface area contributed by atoms with Gasteiger partial charge in [-0.15, -0.1) is 0 Å². The zero-order valence-corrected chi connectivity index (χ0v) is 21.6. The van der Waals surface area contributed by atoms with Crippen LogP contribution in [0.15, 0.2) is 78.9 Å². The molecule has 1 fully saturated rings. The Hall–Kier alpha value is -3.27. The van der Waals surface area contributed by atoms with E-state index in [2.05, 4.69) is 99.6 Å². The molecule has 36 heavy (non-hydrogen) atoms. The largest absolute Gasteiger partial charge is 0.498 e. The van der Waals surface area contributed by atoms with Crippen molar-refractivity contribution in [3.05, 3.63) is 96.9 Å². The first-order chi connectivity index (χ1) is 17.1. The Kier molecular flexibility index (Phi) is 4.23. The minimum atomic E-state index is -0.602. The van der Waals surface area contributed by atoms with E-state index in [1.165, 1.54) is 54.6 Å². The van der Waals surface area contributed by atoms with Gasteiger partial charge < -0.3 is 9.31 Å². The highest BCUT2D eigenvalue weighted by Gasteiger charge is 2.57. The van der Waals surface area contributed by atoms with Gasteiger partial charge in [0.15, 0.2) is 0 Å². The maximum absolute atomic E-state index is 6.33. The van der Waals surface area contributed by atoms with Crippen LogP contribution in [0.3, 0.4) is 0 Å². The van der Waals surface area contributed by atoms with E-state index in [4.69, 9.17) is 9.31 Å². The van der Waals surface area contributed by atoms with Gasteiger partial charge in [-0.05, 0) is 86.0 Å². The van der Waals surface area contributed by atoms with E-state index in [1.54, 1.807) is 0 Å². The summed E-state index contributed by atoms with van der Waals surface area (Å²) in [7, 11) is -0.417. The van der Waals surface area contributed by atoms with Crippen molar-refractivity contribution in [1.82, 2.24) is 0 Å². The average Bonchev–Trinajstić information content (AvgIpc) is 3.22. The molecule has 0 radical (unpaired) electrons. The molecular formula is C33H30BO2+. The number of hydrogen-bond acceptors (Lipinski definition) is 2. The summed E-state index contributed by atoms with van der Waals surface area (Å²) in [5, 5.41) is 7.87. The normalized spacial score (nSPS) is 21.9. The van der Waals surface area contributed by atoms with Gasteiger partial charge in [-0.3, -0.25) is 0 Å². The standard InChI is InChI=1S/C33H30BO2/c1-31(2)29-17-20(34-35-32(3,4)33(5,6)36-34)15-16-25(29)28-18-26-23-13-9-7-11-21(23)22-12-8-10-14-24(22)27(26)19-30(28)31/h7-19H,3H2,1-2,4-6H3/q+1. The van der Waals surface area contributed by atoms with Crippen molar-refractivity contribution < 1.29 is 9.31 Å². The molecule has 1 atom stereocenters. The van der Waals surface area contributed by atoms with Crippen molar-refractivity contribution in [3.63, 3.8) is 0 Å². The Morgan fingerprint density at radius 1 is 0.583 bits per heavy atom. The van der Waals surface area contributed by atoms with Crippen LogP contribution in [0.5, 0.6) is 0 Å². The number of fused-ring (bicyclic) bond motifs is 9. The molecule has 5 aromatic rings. The van der Waals surface area contributed by atoms with Gasteiger partial charge in [0.05, 0.1) is 6.92 Å². The predicted molar refractivity (Wildman–Crippen MR) is 152 cm³/mol. The number of rotatable bonds is 1. The zero-order chi connectivity index (χ0) is 25.0. The van der Waals surface area contributed by atoms with Crippen LogP contribution in [0.4, 0.5) is 0 Å². The summed E-state index contributed by atoms with van der Waals surface area (Å²) < 4.78 is 12.6. The molecule has 1 aliphatic carbocycles. The molecule has 7 rings (SSSR count). The van der Waals surface area contributed by atoms with Gasteiger partial charge in [-0.2, -0.15) is 0 Å². The molecule has 0 spiro atoms. The first-order valence-corrected chi connectivity index (χ1v) is 12.8. The van der Waals surface area contributed by atoms with Crippen LogP contribution in [-0.2, 0) is 14.7 Å². The molecule has 176 valence electrons. The molecule has 3 heteroatoms. The van der Waals surface area contributed by atoms with Gasteiger partial charge in [-0.25, -0.2) is 0 Å². The molecular weight excluding hydrogens is 439 g/mol. The molecule has 0 aromatic heterocycles. The summed E-state index contributed by atoms with van der Waals surface area (Å²) in [6.45, 7) is 15.0. The molecule has 1 saturated heterocycles. The Morgan fingerprint density at radius 2 is 1.11 bits per heavy atom. The second-order valence-corrected chi connectivity index (χ2v) is 11.8. The van der Waals surface area contributed by atoms with E-state index in [1.807, 2.05) is 20.8 Å². The third-order valence-corrected chi connectivity index (χ3v) is 8.88. The highest BCUT2D eigenvalue weighted by Crippen LogP contribution is 2.51. The van der Waals surface area contributed by atoms with Crippen LogP contribution in [-0.4, -0.2) is 18.3 Å². The smallest absolute Gasteiger partial charge is 0.395 e. The van der Waals surface area contributed by atoms with Gasteiger partial charge in [0.2, 0.25) is 5.60 Å². The van der Waals surface area contributed by atoms with Crippen LogP contribution >= 0.6 is 0 Å². The lowest BCUT2D eigenvalue weighted by Crippen LogP contribution is -2.42. The van der Waals surface area contributed by atoms with E-state index in [9.17, 15) is 0 Å². The van der Waals surface area contributed by atoms with E-state index >= 15 is 0 Å². The van der Waals surface area contributed by atoms with Crippen molar-refractivity contribution in [2.24, 2.45) is 0 Å². The lowest BCUT2D eigenvalue weighted by molar-refractivity contribution is 0.0262. The Bertz CT molecular complexity index is 1710. The number of hydrogen-bond donors (Lipinski definition) is 0. The first-order valence-electron chi connectivity index (χ1n) is 12.8. The molecule has 1 aliphatic heterocycles.